The highest BCUT2D eigenvalue weighted by molar-refractivity contribution is 6.33. The number of nitrogens with zero attached hydrogens (tertiary/aromatic N) is 2. The number of aromatic nitrogens is 1. The summed E-state index contributed by atoms with van der Waals surface area (Å²) in [5.74, 6) is -0.226. The molecule has 0 saturated heterocycles. The fourth-order valence-corrected chi connectivity index (χ4v) is 3.49. The van der Waals surface area contributed by atoms with Crippen LogP contribution in [0.2, 0.25) is 5.02 Å². The number of carbonyl (C=O) groups excluding carboxylic acids is 1. The lowest BCUT2D eigenvalue weighted by Crippen LogP contribution is -2.19. The molecular weight excluding hydrogens is 346 g/mol. The lowest BCUT2D eigenvalue weighted by Gasteiger charge is -2.10. The van der Waals surface area contributed by atoms with Gasteiger partial charge in [-0.3, -0.25) is 4.79 Å². The van der Waals surface area contributed by atoms with Gasteiger partial charge in [-0.2, -0.15) is 5.10 Å². The van der Waals surface area contributed by atoms with Crippen LogP contribution in [0.15, 0.2) is 59.7 Å². The minimum absolute atomic E-state index is 0.226. The van der Waals surface area contributed by atoms with Crippen LogP contribution in [-0.2, 0) is 0 Å². The molecule has 4 rings (SSSR count). The predicted molar refractivity (Wildman–Crippen MR) is 106 cm³/mol. The van der Waals surface area contributed by atoms with Gasteiger partial charge in [0.1, 0.15) is 0 Å². The number of hydrogen-bond donors (Lipinski definition) is 1. The van der Waals surface area contributed by atoms with Crippen LogP contribution in [0.3, 0.4) is 0 Å². The van der Waals surface area contributed by atoms with E-state index in [9.17, 15) is 4.79 Å². The summed E-state index contributed by atoms with van der Waals surface area (Å²) < 4.78 is 0. The summed E-state index contributed by atoms with van der Waals surface area (Å²) in [7, 11) is 0. The normalized spacial score (nSPS) is 13.8. The summed E-state index contributed by atoms with van der Waals surface area (Å²) >= 11 is 6.33. The van der Waals surface area contributed by atoms with Gasteiger partial charge in [-0.05, 0) is 43.9 Å². The van der Waals surface area contributed by atoms with Crippen molar-refractivity contribution in [2.24, 2.45) is 5.10 Å². The third kappa shape index (κ3) is 3.33. The Labute approximate surface area is 156 Å². The van der Waals surface area contributed by atoms with Gasteiger partial charge in [0, 0.05) is 21.7 Å². The van der Waals surface area contributed by atoms with E-state index in [1.807, 2.05) is 48.5 Å². The number of carbonyl (C=O) groups is 1. The largest absolute Gasteiger partial charge is 0.272 e. The first-order valence-electron chi connectivity index (χ1n) is 8.73. The topological polar surface area (TPSA) is 54.4 Å². The first-order valence-corrected chi connectivity index (χ1v) is 9.10. The van der Waals surface area contributed by atoms with Crippen molar-refractivity contribution in [3.05, 3.63) is 65.2 Å². The van der Waals surface area contributed by atoms with Crippen molar-refractivity contribution in [2.45, 2.75) is 25.7 Å². The number of rotatable bonds is 3. The summed E-state index contributed by atoms with van der Waals surface area (Å²) in [4.78, 5) is 17.5. The van der Waals surface area contributed by atoms with Gasteiger partial charge >= 0.3 is 0 Å². The second kappa shape index (κ2) is 7.26. The summed E-state index contributed by atoms with van der Waals surface area (Å²) in [5, 5.41) is 5.70. The predicted octanol–water partition coefficient (Wildman–Crippen LogP) is 5.22. The minimum Gasteiger partial charge on any atom is -0.267 e. The highest BCUT2D eigenvalue weighted by Crippen LogP contribution is 2.29. The Hall–Kier alpha value is -2.72. The van der Waals surface area contributed by atoms with Crippen LogP contribution in [0.1, 0.15) is 36.0 Å². The average molecular weight is 364 g/mol. The molecule has 0 radical (unpaired) electrons. The molecule has 0 spiro atoms. The highest BCUT2D eigenvalue weighted by atomic mass is 35.5. The molecule has 1 amide bonds. The molecular formula is C21H18ClN3O. The lowest BCUT2D eigenvalue weighted by atomic mass is 10.0. The summed E-state index contributed by atoms with van der Waals surface area (Å²) in [6, 6.07) is 16.9. The molecule has 0 aliphatic heterocycles. The van der Waals surface area contributed by atoms with E-state index in [4.69, 9.17) is 11.6 Å². The van der Waals surface area contributed by atoms with Gasteiger partial charge in [0.05, 0.1) is 16.8 Å². The quantitative estimate of drug-likeness (QED) is 0.649. The van der Waals surface area contributed by atoms with E-state index in [1.54, 1.807) is 6.07 Å². The van der Waals surface area contributed by atoms with Crippen LogP contribution >= 0.6 is 11.6 Å². The number of para-hydroxylation sites is 1. The number of benzene rings is 2. The molecule has 3 aromatic rings. The van der Waals surface area contributed by atoms with Gasteiger partial charge in [-0.1, -0.05) is 48.0 Å². The number of nitrogens with one attached hydrogen (secondary N) is 1. The number of halogens is 1. The first kappa shape index (κ1) is 16.7. The lowest BCUT2D eigenvalue weighted by molar-refractivity contribution is 0.0956. The molecule has 0 bridgehead atoms. The molecule has 5 heteroatoms. The van der Waals surface area contributed by atoms with E-state index in [2.05, 4.69) is 15.5 Å². The van der Waals surface area contributed by atoms with Crippen LogP contribution in [0.5, 0.6) is 0 Å². The average Bonchev–Trinajstić information content (AvgIpc) is 3.19. The molecule has 1 aliphatic carbocycles. The number of pyridine rings is 1. The molecule has 1 aliphatic rings. The molecule has 2 aromatic carbocycles. The van der Waals surface area contributed by atoms with Crippen molar-refractivity contribution >= 4 is 34.1 Å². The Morgan fingerprint density at radius 3 is 2.58 bits per heavy atom. The molecule has 0 unspecified atom stereocenters. The second-order valence-corrected chi connectivity index (χ2v) is 6.79. The van der Waals surface area contributed by atoms with Crippen molar-refractivity contribution in [3.63, 3.8) is 0 Å². The first-order chi connectivity index (χ1) is 12.7. The Bertz CT molecular complexity index is 1010. The smallest absolute Gasteiger partial charge is 0.267 e. The molecule has 0 atom stereocenters. The zero-order chi connectivity index (χ0) is 17.9. The molecule has 1 N–H and O–H groups in total. The standard InChI is InChI=1S/C21H18ClN3O/c22-18-11-5-3-10-16(18)20-13-17(15-9-4-6-12-19(15)23-20)21(26)25-24-14-7-1-2-8-14/h3-6,9-13H,1-2,7-8H2,(H,25,26). The second-order valence-electron chi connectivity index (χ2n) is 6.38. The molecule has 1 aromatic heterocycles. The van der Waals surface area contributed by atoms with Gasteiger partial charge in [0.2, 0.25) is 0 Å². The molecule has 130 valence electrons. The van der Waals surface area contributed by atoms with E-state index in [-0.39, 0.29) is 5.91 Å². The highest BCUT2D eigenvalue weighted by Gasteiger charge is 2.15. The molecule has 1 heterocycles. The molecule has 1 fully saturated rings. The Balaban J connectivity index is 1.78. The van der Waals surface area contributed by atoms with E-state index in [1.165, 1.54) is 0 Å². The summed E-state index contributed by atoms with van der Waals surface area (Å²) in [6.07, 6.45) is 4.21. The van der Waals surface area contributed by atoms with Gasteiger partial charge in [-0.15, -0.1) is 0 Å². The number of amides is 1. The summed E-state index contributed by atoms with van der Waals surface area (Å²) in [6.45, 7) is 0. The number of hydrogen-bond acceptors (Lipinski definition) is 3. The zero-order valence-electron chi connectivity index (χ0n) is 14.2. The van der Waals surface area contributed by atoms with E-state index < -0.39 is 0 Å². The SMILES string of the molecule is O=C(NN=C1CCCC1)c1cc(-c2ccccc2Cl)nc2ccccc12. The minimum atomic E-state index is -0.226. The van der Waals surface area contributed by atoms with Gasteiger partial charge in [0.15, 0.2) is 0 Å². The van der Waals surface area contributed by atoms with Crippen LogP contribution in [-0.4, -0.2) is 16.6 Å². The monoisotopic (exact) mass is 363 g/mol. The maximum atomic E-state index is 12.8. The number of hydrazone groups is 1. The Morgan fingerprint density at radius 2 is 1.77 bits per heavy atom. The zero-order valence-corrected chi connectivity index (χ0v) is 15.0. The van der Waals surface area contributed by atoms with E-state index in [0.29, 0.717) is 16.3 Å². The fraction of sp³-hybridized carbons (Fsp3) is 0.190. The van der Waals surface area contributed by atoms with Crippen molar-refractivity contribution in [1.29, 1.82) is 0 Å². The number of fused-ring (bicyclic) bond motifs is 1. The molecule has 1 saturated carbocycles. The van der Waals surface area contributed by atoms with Crippen LogP contribution in [0.25, 0.3) is 22.2 Å². The maximum Gasteiger partial charge on any atom is 0.272 e. The maximum absolute atomic E-state index is 12.8. The van der Waals surface area contributed by atoms with Gasteiger partial charge in [-0.25, -0.2) is 10.4 Å². The van der Waals surface area contributed by atoms with Gasteiger partial charge in [0.25, 0.3) is 5.91 Å². The third-order valence-corrected chi connectivity index (χ3v) is 4.94. The van der Waals surface area contributed by atoms with E-state index >= 15 is 0 Å². The Kier molecular flexibility index (Phi) is 4.67. The third-order valence-electron chi connectivity index (χ3n) is 4.61. The fourth-order valence-electron chi connectivity index (χ4n) is 3.26. The Morgan fingerprint density at radius 1 is 1.04 bits per heavy atom. The molecule has 26 heavy (non-hydrogen) atoms. The molecule has 4 nitrogen and oxygen atoms in total. The van der Waals surface area contributed by atoms with Crippen molar-refractivity contribution in [3.8, 4) is 11.3 Å². The van der Waals surface area contributed by atoms with Crippen LogP contribution in [0, 0.1) is 0 Å². The van der Waals surface area contributed by atoms with Crippen molar-refractivity contribution < 1.29 is 4.79 Å². The van der Waals surface area contributed by atoms with Crippen LogP contribution < -0.4 is 5.43 Å². The summed E-state index contributed by atoms with van der Waals surface area (Å²) in [5.41, 5.74) is 6.55. The van der Waals surface area contributed by atoms with Crippen LogP contribution in [0.4, 0.5) is 0 Å². The van der Waals surface area contributed by atoms with Crippen molar-refractivity contribution in [1.82, 2.24) is 10.4 Å². The van der Waals surface area contributed by atoms with E-state index in [0.717, 1.165) is 47.9 Å². The van der Waals surface area contributed by atoms with Crippen molar-refractivity contribution in [2.75, 3.05) is 0 Å². The van der Waals surface area contributed by atoms with Gasteiger partial charge < -0.3 is 0 Å².